The van der Waals surface area contributed by atoms with Crippen LogP contribution >= 0.6 is 11.6 Å². The van der Waals surface area contributed by atoms with E-state index >= 15 is 0 Å². The number of halogens is 1. The molecular weight excluding hydrogens is 524 g/mol. The third-order valence-electron chi connectivity index (χ3n) is 7.54. The second-order valence-corrected chi connectivity index (χ2v) is 10.5. The lowest BCUT2D eigenvalue weighted by atomic mass is 9.81. The van der Waals surface area contributed by atoms with Crippen LogP contribution in [0.25, 0.3) is 0 Å². The van der Waals surface area contributed by atoms with Crippen molar-refractivity contribution in [1.29, 1.82) is 0 Å². The summed E-state index contributed by atoms with van der Waals surface area (Å²) >= 11 is 6.13. The van der Waals surface area contributed by atoms with Crippen LogP contribution in [0.2, 0.25) is 5.02 Å². The van der Waals surface area contributed by atoms with Gasteiger partial charge in [0.05, 0.1) is 19.6 Å². The average Bonchev–Trinajstić information content (AvgIpc) is 3.26. The predicted octanol–water partition coefficient (Wildman–Crippen LogP) is 5.34. The van der Waals surface area contributed by atoms with Gasteiger partial charge in [-0.1, -0.05) is 29.8 Å². The summed E-state index contributed by atoms with van der Waals surface area (Å²) in [4.78, 5) is 25.5. The van der Waals surface area contributed by atoms with Gasteiger partial charge in [-0.3, -0.25) is 9.69 Å². The number of carboxylic acid groups (broad SMARTS) is 1. The van der Waals surface area contributed by atoms with Crippen LogP contribution in [0.1, 0.15) is 49.8 Å². The van der Waals surface area contributed by atoms with Crippen LogP contribution in [-0.2, 0) is 17.9 Å². The zero-order valence-corrected chi connectivity index (χ0v) is 23.0. The molecule has 0 radical (unpaired) electrons. The zero-order chi connectivity index (χ0) is 27.9. The van der Waals surface area contributed by atoms with Gasteiger partial charge in [-0.2, -0.15) is 0 Å². The Kier molecular flexibility index (Phi) is 9.59. The second kappa shape index (κ2) is 13.1. The number of aliphatic carboxylic acids is 1. The molecule has 0 aliphatic heterocycles. The molecule has 1 aromatic heterocycles. The molecular formula is C29H35ClN2O7. The lowest BCUT2D eigenvalue weighted by molar-refractivity contribution is -0.143. The van der Waals surface area contributed by atoms with Crippen LogP contribution in [0, 0.1) is 11.8 Å². The van der Waals surface area contributed by atoms with E-state index in [2.05, 4.69) is 16.2 Å². The molecule has 10 heteroatoms. The summed E-state index contributed by atoms with van der Waals surface area (Å²) in [6.07, 6.45) is 4.21. The van der Waals surface area contributed by atoms with Gasteiger partial charge in [-0.05, 0) is 73.9 Å². The zero-order valence-electron chi connectivity index (χ0n) is 22.2. The molecule has 2 N–H and O–H groups in total. The molecule has 39 heavy (non-hydrogen) atoms. The Morgan fingerprint density at radius 2 is 1.87 bits per heavy atom. The van der Waals surface area contributed by atoms with Crippen LogP contribution in [0.4, 0.5) is 0 Å². The number of aromatic hydroxyl groups is 1. The maximum atomic E-state index is 11.6. The number of rotatable bonds is 12. The SMILES string of the molecule is COc1cc(CN(CC2CCC(C(=O)O)CC2)[C@@H](C)c2ccc(Cl)cc2)ccc1OCCn1c(O)coc1=O. The van der Waals surface area contributed by atoms with Crippen molar-refractivity contribution >= 4 is 17.6 Å². The fourth-order valence-corrected chi connectivity index (χ4v) is 5.30. The van der Waals surface area contributed by atoms with E-state index in [-0.39, 0.29) is 31.0 Å². The molecule has 1 fully saturated rings. The number of nitrogens with zero attached hydrogens (tertiary/aromatic N) is 2. The molecule has 9 nitrogen and oxygen atoms in total. The Hall–Kier alpha value is -3.43. The molecule has 0 amide bonds. The van der Waals surface area contributed by atoms with Crippen molar-refractivity contribution in [3.63, 3.8) is 0 Å². The lowest BCUT2D eigenvalue weighted by Gasteiger charge is -2.35. The molecule has 0 unspecified atom stereocenters. The minimum Gasteiger partial charge on any atom is -0.493 e. The van der Waals surface area contributed by atoms with Crippen molar-refractivity contribution in [2.45, 2.75) is 51.7 Å². The number of aromatic nitrogens is 1. The van der Waals surface area contributed by atoms with Crippen molar-refractivity contribution in [3.8, 4) is 17.4 Å². The fourth-order valence-electron chi connectivity index (χ4n) is 5.18. The Morgan fingerprint density at radius 1 is 1.15 bits per heavy atom. The summed E-state index contributed by atoms with van der Waals surface area (Å²) in [6.45, 7) is 3.95. The molecule has 4 rings (SSSR count). The quantitative estimate of drug-likeness (QED) is 0.306. The third-order valence-corrected chi connectivity index (χ3v) is 7.79. The monoisotopic (exact) mass is 558 g/mol. The van der Waals surface area contributed by atoms with Gasteiger partial charge in [0.25, 0.3) is 0 Å². The van der Waals surface area contributed by atoms with Gasteiger partial charge >= 0.3 is 11.7 Å². The van der Waals surface area contributed by atoms with Gasteiger partial charge in [0.2, 0.25) is 5.88 Å². The highest BCUT2D eigenvalue weighted by molar-refractivity contribution is 6.30. The normalized spacial score (nSPS) is 18.2. The number of carboxylic acids is 1. The molecule has 1 aliphatic carbocycles. The highest BCUT2D eigenvalue weighted by atomic mass is 35.5. The summed E-state index contributed by atoms with van der Waals surface area (Å²) in [5.41, 5.74) is 2.20. The fraction of sp³-hybridized carbons (Fsp3) is 0.448. The van der Waals surface area contributed by atoms with Crippen LogP contribution in [-0.4, -0.2) is 45.9 Å². The molecule has 1 aliphatic rings. The van der Waals surface area contributed by atoms with Crippen LogP contribution < -0.4 is 15.2 Å². The number of ether oxygens (including phenoxy) is 2. The van der Waals surface area contributed by atoms with Crippen LogP contribution in [0.3, 0.4) is 0 Å². The third kappa shape index (κ3) is 7.36. The van der Waals surface area contributed by atoms with Gasteiger partial charge in [0.15, 0.2) is 17.8 Å². The Morgan fingerprint density at radius 3 is 2.49 bits per heavy atom. The molecule has 3 aromatic rings. The molecule has 1 atom stereocenters. The summed E-state index contributed by atoms with van der Waals surface area (Å²) in [5, 5.41) is 19.8. The van der Waals surface area contributed by atoms with E-state index in [1.807, 2.05) is 42.5 Å². The van der Waals surface area contributed by atoms with E-state index < -0.39 is 11.7 Å². The van der Waals surface area contributed by atoms with Crippen LogP contribution in [0.5, 0.6) is 17.4 Å². The molecule has 1 heterocycles. The highest BCUT2D eigenvalue weighted by Gasteiger charge is 2.28. The molecule has 1 saturated carbocycles. The lowest BCUT2D eigenvalue weighted by Crippen LogP contribution is -2.34. The first-order valence-corrected chi connectivity index (χ1v) is 13.5. The minimum atomic E-state index is -0.692. The van der Waals surface area contributed by atoms with E-state index in [1.165, 1.54) is 0 Å². The number of methoxy groups -OCH3 is 1. The molecule has 210 valence electrons. The van der Waals surface area contributed by atoms with E-state index in [1.54, 1.807) is 7.11 Å². The van der Waals surface area contributed by atoms with Gasteiger partial charge in [0, 0.05) is 24.2 Å². The summed E-state index contributed by atoms with van der Waals surface area (Å²) in [6, 6.07) is 13.8. The number of carbonyl (C=O) groups is 1. The number of hydrogen-bond donors (Lipinski definition) is 2. The summed E-state index contributed by atoms with van der Waals surface area (Å²) in [7, 11) is 1.58. The van der Waals surface area contributed by atoms with Crippen molar-refractivity contribution in [1.82, 2.24) is 9.47 Å². The average molecular weight is 559 g/mol. The smallest absolute Gasteiger partial charge is 0.421 e. The van der Waals surface area contributed by atoms with E-state index in [4.69, 9.17) is 21.1 Å². The summed E-state index contributed by atoms with van der Waals surface area (Å²) < 4.78 is 17.2. The summed E-state index contributed by atoms with van der Waals surface area (Å²) in [5.74, 6) is -0.317. The van der Waals surface area contributed by atoms with Crippen molar-refractivity contribution < 1.29 is 28.9 Å². The Labute approximate surface area is 232 Å². The molecule has 0 bridgehead atoms. The highest BCUT2D eigenvalue weighted by Crippen LogP contribution is 2.34. The van der Waals surface area contributed by atoms with Gasteiger partial charge in [-0.25, -0.2) is 9.36 Å². The first-order valence-electron chi connectivity index (χ1n) is 13.1. The maximum absolute atomic E-state index is 11.6. The molecule has 2 aromatic carbocycles. The van der Waals surface area contributed by atoms with E-state index in [0.29, 0.717) is 41.8 Å². The first kappa shape index (κ1) is 28.6. The topological polar surface area (TPSA) is 114 Å². The Balaban J connectivity index is 1.47. The van der Waals surface area contributed by atoms with Crippen molar-refractivity contribution in [2.75, 3.05) is 20.3 Å². The van der Waals surface area contributed by atoms with Crippen molar-refractivity contribution in [3.05, 3.63) is 75.4 Å². The van der Waals surface area contributed by atoms with E-state index in [0.717, 1.165) is 41.3 Å². The number of hydrogen-bond acceptors (Lipinski definition) is 7. The molecule has 0 saturated heterocycles. The minimum absolute atomic E-state index is 0.113. The first-order chi connectivity index (χ1) is 18.7. The Bertz CT molecular complexity index is 1300. The van der Waals surface area contributed by atoms with E-state index in [9.17, 15) is 19.8 Å². The largest absolute Gasteiger partial charge is 0.493 e. The van der Waals surface area contributed by atoms with Gasteiger partial charge in [0.1, 0.15) is 6.61 Å². The van der Waals surface area contributed by atoms with Crippen molar-refractivity contribution in [2.24, 2.45) is 11.8 Å². The van der Waals surface area contributed by atoms with Gasteiger partial charge in [-0.15, -0.1) is 0 Å². The second-order valence-electron chi connectivity index (χ2n) is 10.1. The number of benzene rings is 2. The predicted molar refractivity (Wildman–Crippen MR) is 146 cm³/mol. The maximum Gasteiger partial charge on any atom is 0.421 e. The molecule has 0 spiro atoms. The number of oxazole rings is 1. The standard InChI is InChI=1S/C29H35ClN2O7/c1-19(22-8-10-24(30)11-9-22)31(16-20-3-6-23(7-4-20)28(34)35)17-21-5-12-25(26(15-21)37-2)38-14-13-32-27(33)18-39-29(32)36/h5,8-12,15,18-20,23,33H,3-4,6-7,13-14,16-17H2,1-2H3,(H,34,35)/t19-,20?,23?/m0/s1. The van der Waals surface area contributed by atoms with Gasteiger partial charge < -0.3 is 24.1 Å². The van der Waals surface area contributed by atoms with Crippen LogP contribution in [0.15, 0.2) is 57.9 Å².